The number of fused-ring (bicyclic) bond motifs is 5. The van der Waals surface area contributed by atoms with Crippen LogP contribution in [-0.4, -0.2) is 35.6 Å². The van der Waals surface area contributed by atoms with Gasteiger partial charge in [0.1, 0.15) is 0 Å². The van der Waals surface area contributed by atoms with E-state index in [0.717, 1.165) is 0 Å². The highest BCUT2D eigenvalue weighted by Crippen LogP contribution is 2.44. The summed E-state index contributed by atoms with van der Waals surface area (Å²) >= 11 is 11.8. The fourth-order valence-corrected chi connectivity index (χ4v) is 3.60. The summed E-state index contributed by atoms with van der Waals surface area (Å²) in [5.41, 5.74) is 0.699. The average molecular weight is 339 g/mol. The van der Waals surface area contributed by atoms with Gasteiger partial charge in [0.25, 0.3) is 0 Å². The number of benzene rings is 1. The Morgan fingerprint density at radius 3 is 2.27 bits per heavy atom. The van der Waals surface area contributed by atoms with Gasteiger partial charge < -0.3 is 10.1 Å². The van der Waals surface area contributed by atoms with Crippen molar-refractivity contribution in [2.75, 3.05) is 12.0 Å². The molecule has 114 valence electrons. The summed E-state index contributed by atoms with van der Waals surface area (Å²) in [4.78, 5) is 26.1. The predicted octanol–water partition coefficient (Wildman–Crippen LogP) is 2.30. The topological polar surface area (TPSA) is 58.6 Å². The first-order valence-corrected chi connectivity index (χ1v) is 7.70. The zero-order valence-corrected chi connectivity index (χ0v) is 12.8. The maximum absolute atomic E-state index is 12.4. The largest absolute Gasteiger partial charge is 0.367 e. The summed E-state index contributed by atoms with van der Waals surface area (Å²) in [7, 11) is 0. The number of nitrogens with zero attached hydrogens (tertiary/aromatic N) is 1. The van der Waals surface area contributed by atoms with Crippen molar-refractivity contribution in [3.8, 4) is 0 Å². The number of halogens is 2. The summed E-state index contributed by atoms with van der Waals surface area (Å²) in [6.45, 7) is 0.113. The Bertz CT molecular complexity index is 676. The average Bonchev–Trinajstić information content (AvgIpc) is 3.16. The molecule has 2 saturated heterocycles. The third-order valence-electron chi connectivity index (χ3n) is 4.36. The van der Waals surface area contributed by atoms with Gasteiger partial charge in [0.15, 0.2) is 0 Å². The summed E-state index contributed by atoms with van der Waals surface area (Å²) in [5, 5.41) is 3.90. The number of likely N-dealkylation sites (tertiary alicyclic amines) is 1. The minimum atomic E-state index is -0.377. The first kappa shape index (κ1) is 14.1. The molecule has 3 heterocycles. The van der Waals surface area contributed by atoms with E-state index >= 15 is 0 Å². The van der Waals surface area contributed by atoms with Crippen LogP contribution in [0.5, 0.6) is 0 Å². The highest BCUT2D eigenvalue weighted by atomic mass is 35.5. The van der Waals surface area contributed by atoms with Gasteiger partial charge in [-0.3, -0.25) is 14.5 Å². The summed E-state index contributed by atoms with van der Waals surface area (Å²) in [6, 6.07) is 5.06. The Morgan fingerprint density at radius 1 is 1.05 bits per heavy atom. The lowest BCUT2D eigenvalue weighted by molar-refractivity contribution is -0.141. The zero-order chi connectivity index (χ0) is 15.4. The molecule has 2 amide bonds. The van der Waals surface area contributed by atoms with Crippen molar-refractivity contribution >= 4 is 40.7 Å². The molecule has 2 fully saturated rings. The van der Waals surface area contributed by atoms with Crippen LogP contribution in [0.3, 0.4) is 0 Å². The van der Waals surface area contributed by atoms with Gasteiger partial charge in [0.2, 0.25) is 11.8 Å². The SMILES string of the molecule is O=C1C2C3C=CC(O3)C2C(=O)N1CNc1ccc(Cl)c(Cl)c1. The fraction of sp³-hybridized carbons (Fsp3) is 0.333. The second kappa shape index (κ2) is 4.98. The van der Waals surface area contributed by atoms with Crippen molar-refractivity contribution in [2.24, 2.45) is 11.8 Å². The van der Waals surface area contributed by atoms with E-state index in [9.17, 15) is 9.59 Å². The Balaban J connectivity index is 1.49. The fourth-order valence-electron chi connectivity index (χ4n) is 3.30. The smallest absolute Gasteiger partial charge is 0.237 e. The highest BCUT2D eigenvalue weighted by Gasteiger charge is 2.60. The summed E-state index contributed by atoms with van der Waals surface area (Å²) < 4.78 is 5.59. The summed E-state index contributed by atoms with van der Waals surface area (Å²) in [5.74, 6) is -1.12. The van der Waals surface area contributed by atoms with Crippen LogP contribution in [0.15, 0.2) is 30.4 Å². The van der Waals surface area contributed by atoms with Gasteiger partial charge in [-0.1, -0.05) is 35.4 Å². The minimum absolute atomic E-state index is 0.113. The molecule has 1 aromatic carbocycles. The maximum atomic E-state index is 12.4. The zero-order valence-electron chi connectivity index (χ0n) is 11.3. The van der Waals surface area contributed by atoms with Crippen molar-refractivity contribution in [3.05, 3.63) is 40.4 Å². The van der Waals surface area contributed by atoms with Crippen LogP contribution in [0.25, 0.3) is 0 Å². The summed E-state index contributed by atoms with van der Waals surface area (Å²) in [6.07, 6.45) is 3.21. The number of ether oxygens (including phenoxy) is 1. The highest BCUT2D eigenvalue weighted by molar-refractivity contribution is 6.42. The molecule has 3 aliphatic heterocycles. The van der Waals surface area contributed by atoms with Gasteiger partial charge in [0, 0.05) is 5.69 Å². The number of amides is 2. The first-order valence-electron chi connectivity index (χ1n) is 6.94. The maximum Gasteiger partial charge on any atom is 0.237 e. The third-order valence-corrected chi connectivity index (χ3v) is 5.10. The molecule has 4 rings (SSSR count). The Kier molecular flexibility index (Phi) is 3.18. The molecule has 0 saturated carbocycles. The monoisotopic (exact) mass is 338 g/mol. The van der Waals surface area contributed by atoms with E-state index < -0.39 is 0 Å². The molecule has 0 spiro atoms. The number of hydrogen-bond donors (Lipinski definition) is 1. The van der Waals surface area contributed by atoms with E-state index in [0.29, 0.717) is 15.7 Å². The van der Waals surface area contributed by atoms with Gasteiger partial charge in [-0.25, -0.2) is 0 Å². The van der Waals surface area contributed by atoms with Crippen LogP contribution in [0.4, 0.5) is 5.69 Å². The first-order chi connectivity index (χ1) is 10.6. The third kappa shape index (κ3) is 1.96. The quantitative estimate of drug-likeness (QED) is 0.678. The molecule has 2 bridgehead atoms. The van der Waals surface area contributed by atoms with Gasteiger partial charge >= 0.3 is 0 Å². The van der Waals surface area contributed by atoms with Gasteiger partial charge in [-0.15, -0.1) is 0 Å². The molecule has 1 aromatic rings. The number of carbonyl (C=O) groups is 2. The van der Waals surface area contributed by atoms with Crippen molar-refractivity contribution in [1.82, 2.24) is 4.90 Å². The van der Waals surface area contributed by atoms with E-state index in [2.05, 4.69) is 5.32 Å². The predicted molar refractivity (Wildman–Crippen MR) is 81.6 cm³/mol. The molecule has 1 N–H and O–H groups in total. The van der Waals surface area contributed by atoms with Crippen LogP contribution in [0.1, 0.15) is 0 Å². The van der Waals surface area contributed by atoms with E-state index in [1.165, 1.54) is 4.90 Å². The normalized spacial score (nSPS) is 32.0. The molecule has 4 unspecified atom stereocenters. The molecule has 4 atom stereocenters. The van der Waals surface area contributed by atoms with Crippen LogP contribution in [0, 0.1) is 11.8 Å². The number of hydrogen-bond acceptors (Lipinski definition) is 4. The van der Waals surface area contributed by atoms with E-state index in [1.807, 2.05) is 12.2 Å². The molecule has 0 aromatic heterocycles. The lowest BCUT2D eigenvalue weighted by Crippen LogP contribution is -2.38. The van der Waals surface area contributed by atoms with Gasteiger partial charge in [-0.05, 0) is 18.2 Å². The molecular weight excluding hydrogens is 327 g/mol. The number of carbonyl (C=O) groups excluding carboxylic acids is 2. The van der Waals surface area contributed by atoms with Crippen molar-refractivity contribution < 1.29 is 14.3 Å². The Hall–Kier alpha value is -1.56. The molecule has 0 radical (unpaired) electrons. The van der Waals surface area contributed by atoms with Crippen LogP contribution in [-0.2, 0) is 14.3 Å². The van der Waals surface area contributed by atoms with Crippen molar-refractivity contribution in [3.63, 3.8) is 0 Å². The van der Waals surface area contributed by atoms with E-state index in [4.69, 9.17) is 27.9 Å². The van der Waals surface area contributed by atoms with Crippen LogP contribution >= 0.6 is 23.2 Å². The van der Waals surface area contributed by atoms with Crippen molar-refractivity contribution in [1.29, 1.82) is 0 Å². The van der Waals surface area contributed by atoms with E-state index in [1.54, 1.807) is 18.2 Å². The Morgan fingerprint density at radius 2 is 1.68 bits per heavy atom. The van der Waals surface area contributed by atoms with Gasteiger partial charge in [-0.2, -0.15) is 0 Å². The van der Waals surface area contributed by atoms with Gasteiger partial charge in [0.05, 0.1) is 40.8 Å². The number of imide groups is 1. The molecule has 7 heteroatoms. The van der Waals surface area contributed by atoms with E-state index in [-0.39, 0.29) is 42.5 Å². The Labute approximate surface area is 136 Å². The number of rotatable bonds is 3. The van der Waals surface area contributed by atoms with Crippen LogP contribution < -0.4 is 5.32 Å². The molecule has 0 aliphatic carbocycles. The number of nitrogens with one attached hydrogen (secondary N) is 1. The minimum Gasteiger partial charge on any atom is -0.367 e. The lowest BCUT2D eigenvalue weighted by atomic mass is 9.85. The molecular formula is C15H12Cl2N2O3. The molecule has 5 nitrogen and oxygen atoms in total. The standard InChI is InChI=1S/C15H12Cl2N2O3/c16-8-2-1-7(5-9(8)17)18-6-19-14(20)12-10-3-4-11(22-10)13(12)15(19)21/h1-5,10-13,18H,6H2. The lowest BCUT2D eigenvalue weighted by Gasteiger charge is -2.18. The molecule has 22 heavy (non-hydrogen) atoms. The van der Waals surface area contributed by atoms with Crippen LogP contribution in [0.2, 0.25) is 10.0 Å². The second-order valence-corrected chi connectivity index (χ2v) is 6.38. The number of anilines is 1. The second-order valence-electron chi connectivity index (χ2n) is 5.57. The van der Waals surface area contributed by atoms with Crippen molar-refractivity contribution in [2.45, 2.75) is 12.2 Å². The molecule has 3 aliphatic rings.